The summed E-state index contributed by atoms with van der Waals surface area (Å²) in [6.45, 7) is 1.62. The molecule has 0 unspecified atom stereocenters. The number of nitrogens with two attached hydrogens (primary N) is 1. The smallest absolute Gasteiger partial charge is 0.265 e. The SMILES string of the molecule is COc1ccc(Br)cc1S(=O)(=O)Nc1cccc(C(N)=O)c1C. The van der Waals surface area contributed by atoms with E-state index < -0.39 is 15.9 Å². The summed E-state index contributed by atoms with van der Waals surface area (Å²) in [5.74, 6) is -0.409. The molecule has 122 valence electrons. The second-order valence-electron chi connectivity index (χ2n) is 4.74. The largest absolute Gasteiger partial charge is 0.495 e. The maximum atomic E-state index is 12.6. The van der Waals surface area contributed by atoms with Crippen LogP contribution in [-0.2, 0) is 10.0 Å². The standard InChI is InChI=1S/C15H15BrN2O4S/c1-9-11(15(17)19)4-3-5-12(9)18-23(20,21)14-8-10(16)6-7-13(14)22-2/h3-8,18H,1-2H3,(H2,17,19). The van der Waals surface area contributed by atoms with Gasteiger partial charge in [-0.25, -0.2) is 8.42 Å². The van der Waals surface area contributed by atoms with E-state index in [4.69, 9.17) is 10.5 Å². The fourth-order valence-corrected chi connectivity index (χ4v) is 3.90. The number of methoxy groups -OCH3 is 1. The van der Waals surface area contributed by atoms with Gasteiger partial charge >= 0.3 is 0 Å². The molecule has 3 N–H and O–H groups in total. The number of carbonyl (C=O) groups is 1. The van der Waals surface area contributed by atoms with E-state index in [1.54, 1.807) is 31.2 Å². The zero-order valence-corrected chi connectivity index (χ0v) is 14.9. The van der Waals surface area contributed by atoms with Crippen LogP contribution < -0.4 is 15.2 Å². The van der Waals surface area contributed by atoms with Crippen LogP contribution in [0.3, 0.4) is 0 Å². The summed E-state index contributed by atoms with van der Waals surface area (Å²) in [6.07, 6.45) is 0. The van der Waals surface area contributed by atoms with Gasteiger partial charge in [-0.2, -0.15) is 0 Å². The number of rotatable bonds is 5. The van der Waals surface area contributed by atoms with Crippen molar-refractivity contribution < 1.29 is 17.9 Å². The Morgan fingerprint density at radius 1 is 1.26 bits per heavy atom. The molecule has 1 amide bonds. The minimum absolute atomic E-state index is 0.0155. The number of sulfonamides is 1. The van der Waals surface area contributed by atoms with Crippen LogP contribution >= 0.6 is 15.9 Å². The van der Waals surface area contributed by atoms with Crippen LogP contribution in [0.2, 0.25) is 0 Å². The monoisotopic (exact) mass is 398 g/mol. The van der Waals surface area contributed by atoms with Gasteiger partial charge in [-0.15, -0.1) is 0 Å². The van der Waals surface area contributed by atoms with Gasteiger partial charge in [-0.05, 0) is 42.8 Å². The first-order valence-corrected chi connectivity index (χ1v) is 8.79. The molecule has 0 atom stereocenters. The second kappa shape index (κ2) is 6.59. The van der Waals surface area contributed by atoms with Crippen molar-refractivity contribution >= 4 is 37.5 Å². The fourth-order valence-electron chi connectivity index (χ4n) is 2.07. The van der Waals surface area contributed by atoms with Gasteiger partial charge in [-0.3, -0.25) is 9.52 Å². The van der Waals surface area contributed by atoms with Gasteiger partial charge in [-0.1, -0.05) is 22.0 Å². The van der Waals surface area contributed by atoms with Crippen LogP contribution in [0.15, 0.2) is 45.8 Å². The number of benzene rings is 2. The van der Waals surface area contributed by atoms with E-state index in [1.807, 2.05) is 0 Å². The van der Waals surface area contributed by atoms with Crippen LogP contribution in [0.1, 0.15) is 15.9 Å². The second-order valence-corrected chi connectivity index (χ2v) is 7.31. The van der Waals surface area contributed by atoms with Crippen molar-refractivity contribution in [2.45, 2.75) is 11.8 Å². The summed E-state index contributed by atoms with van der Waals surface area (Å²) >= 11 is 3.24. The van der Waals surface area contributed by atoms with Crippen molar-refractivity contribution in [2.75, 3.05) is 11.8 Å². The molecule has 0 saturated heterocycles. The highest BCUT2D eigenvalue weighted by Crippen LogP contribution is 2.30. The zero-order chi connectivity index (χ0) is 17.2. The lowest BCUT2D eigenvalue weighted by atomic mass is 10.1. The average molecular weight is 399 g/mol. The molecule has 0 aliphatic rings. The molecular formula is C15H15BrN2O4S. The summed E-state index contributed by atoms with van der Waals surface area (Å²) in [5.41, 5.74) is 6.27. The molecule has 0 bridgehead atoms. The van der Waals surface area contributed by atoms with Gasteiger partial charge in [0.2, 0.25) is 5.91 Å². The number of hydrogen-bond donors (Lipinski definition) is 2. The van der Waals surface area contributed by atoms with Gasteiger partial charge in [0, 0.05) is 10.0 Å². The van der Waals surface area contributed by atoms with Gasteiger partial charge in [0.25, 0.3) is 10.0 Å². The predicted octanol–water partition coefficient (Wildman–Crippen LogP) is 2.67. The van der Waals surface area contributed by atoms with Gasteiger partial charge in [0.1, 0.15) is 10.6 Å². The number of anilines is 1. The molecule has 6 nitrogen and oxygen atoms in total. The Bertz CT molecular complexity index is 866. The van der Waals surface area contributed by atoms with Crippen molar-refractivity contribution in [1.29, 1.82) is 0 Å². The number of hydrogen-bond acceptors (Lipinski definition) is 4. The molecule has 0 aliphatic heterocycles. The molecule has 0 spiro atoms. The number of halogens is 1. The lowest BCUT2D eigenvalue weighted by molar-refractivity contribution is 0.0999. The summed E-state index contributed by atoms with van der Waals surface area (Å²) in [4.78, 5) is 11.4. The number of nitrogens with one attached hydrogen (secondary N) is 1. The van der Waals surface area contributed by atoms with Crippen LogP contribution in [-0.4, -0.2) is 21.4 Å². The number of primary amides is 1. The van der Waals surface area contributed by atoms with E-state index in [-0.39, 0.29) is 21.9 Å². The number of amides is 1. The first-order chi connectivity index (χ1) is 10.8. The Labute approximate surface area is 142 Å². The highest BCUT2D eigenvalue weighted by molar-refractivity contribution is 9.10. The average Bonchev–Trinajstić information content (AvgIpc) is 2.49. The summed E-state index contributed by atoms with van der Waals surface area (Å²) in [6, 6.07) is 9.32. The fraction of sp³-hybridized carbons (Fsp3) is 0.133. The Kier molecular flexibility index (Phi) is 4.96. The van der Waals surface area contributed by atoms with E-state index in [0.29, 0.717) is 10.0 Å². The maximum absolute atomic E-state index is 12.6. The third kappa shape index (κ3) is 3.65. The molecule has 2 aromatic rings. The highest BCUT2D eigenvalue weighted by atomic mass is 79.9. The van der Waals surface area contributed by atoms with Gasteiger partial charge in [0.15, 0.2) is 0 Å². The molecule has 0 aliphatic carbocycles. The summed E-state index contributed by atoms with van der Waals surface area (Å²) in [7, 11) is -2.51. The quantitative estimate of drug-likeness (QED) is 0.808. The molecule has 0 radical (unpaired) electrons. The Morgan fingerprint density at radius 2 is 1.96 bits per heavy atom. The van der Waals surface area contributed by atoms with E-state index in [9.17, 15) is 13.2 Å². The predicted molar refractivity (Wildman–Crippen MR) is 91.2 cm³/mol. The molecule has 0 fully saturated rings. The van der Waals surface area contributed by atoms with Crippen molar-refractivity contribution in [3.05, 3.63) is 52.0 Å². The van der Waals surface area contributed by atoms with Crippen LogP contribution in [0.5, 0.6) is 5.75 Å². The Balaban J connectivity index is 2.50. The van der Waals surface area contributed by atoms with Crippen molar-refractivity contribution in [3.8, 4) is 5.75 Å². The van der Waals surface area contributed by atoms with Crippen LogP contribution in [0.4, 0.5) is 5.69 Å². The first-order valence-electron chi connectivity index (χ1n) is 6.52. The first kappa shape index (κ1) is 17.3. The topological polar surface area (TPSA) is 98.5 Å². The minimum Gasteiger partial charge on any atom is -0.495 e. The summed E-state index contributed by atoms with van der Waals surface area (Å²) in [5, 5.41) is 0. The van der Waals surface area contributed by atoms with Gasteiger partial charge < -0.3 is 10.5 Å². The molecule has 0 aromatic heterocycles. The van der Waals surface area contributed by atoms with E-state index in [1.165, 1.54) is 19.2 Å². The molecule has 0 saturated carbocycles. The maximum Gasteiger partial charge on any atom is 0.265 e. The molecular weight excluding hydrogens is 384 g/mol. The van der Waals surface area contributed by atoms with Crippen molar-refractivity contribution in [3.63, 3.8) is 0 Å². The van der Waals surface area contributed by atoms with E-state index in [0.717, 1.165) is 0 Å². The lowest BCUT2D eigenvalue weighted by Crippen LogP contribution is -2.17. The third-order valence-corrected chi connectivity index (χ3v) is 5.14. The zero-order valence-electron chi connectivity index (χ0n) is 12.5. The number of ether oxygens (including phenoxy) is 1. The van der Waals surface area contributed by atoms with Gasteiger partial charge in [0.05, 0.1) is 12.8 Å². The molecule has 2 aromatic carbocycles. The Morgan fingerprint density at radius 3 is 2.57 bits per heavy atom. The van der Waals surface area contributed by atoms with Crippen LogP contribution in [0, 0.1) is 6.92 Å². The minimum atomic E-state index is -3.90. The lowest BCUT2D eigenvalue weighted by Gasteiger charge is -2.14. The Hall–Kier alpha value is -2.06. The third-order valence-electron chi connectivity index (χ3n) is 3.26. The molecule has 2 rings (SSSR count). The molecule has 23 heavy (non-hydrogen) atoms. The highest BCUT2D eigenvalue weighted by Gasteiger charge is 2.21. The molecule has 0 heterocycles. The van der Waals surface area contributed by atoms with Crippen LogP contribution in [0.25, 0.3) is 0 Å². The molecule has 8 heteroatoms. The number of carbonyl (C=O) groups excluding carboxylic acids is 1. The van der Waals surface area contributed by atoms with E-state index in [2.05, 4.69) is 20.7 Å². The summed E-state index contributed by atoms with van der Waals surface area (Å²) < 4.78 is 33.4. The van der Waals surface area contributed by atoms with E-state index >= 15 is 0 Å². The normalized spacial score (nSPS) is 11.1. The van der Waals surface area contributed by atoms with Crippen molar-refractivity contribution in [2.24, 2.45) is 5.73 Å². The van der Waals surface area contributed by atoms with Crippen molar-refractivity contribution in [1.82, 2.24) is 0 Å².